The van der Waals surface area contributed by atoms with Crippen molar-refractivity contribution in [2.75, 3.05) is 0 Å². The van der Waals surface area contributed by atoms with E-state index in [0.717, 1.165) is 11.4 Å². The molecule has 2 nitrogen and oxygen atoms in total. The third kappa shape index (κ3) is 3.90. The Labute approximate surface area is 127 Å². The molecule has 0 fully saturated rings. The van der Waals surface area contributed by atoms with Gasteiger partial charge in [0.1, 0.15) is 6.01 Å². The molecule has 0 aliphatic carbocycles. The second-order valence-corrected chi connectivity index (χ2v) is 5.75. The normalized spacial score (nSPS) is 10.6. The Hall–Kier alpha value is -2.18. The van der Waals surface area contributed by atoms with Crippen LogP contribution in [0.4, 0.5) is 11.4 Å². The molecule has 0 aliphatic rings. The minimum Gasteiger partial charge on any atom is -0.188 e. The summed E-state index contributed by atoms with van der Waals surface area (Å²) in [5.41, 5.74) is 4.49. The smallest absolute Gasteiger partial charge is 0.100 e. The average molecular weight is 278 g/mol. The van der Waals surface area contributed by atoms with Crippen LogP contribution < -0.4 is 0 Å². The molecule has 0 bridgehead atoms. The van der Waals surface area contributed by atoms with Gasteiger partial charge < -0.3 is 0 Å². The molecule has 0 saturated heterocycles. The predicted octanol–water partition coefficient (Wildman–Crippen LogP) is 6.07. The summed E-state index contributed by atoms with van der Waals surface area (Å²) < 4.78 is 0. The van der Waals surface area contributed by atoms with Gasteiger partial charge in [-0.15, -0.1) is 0 Å². The van der Waals surface area contributed by atoms with Crippen molar-refractivity contribution in [1.82, 2.24) is 0 Å². The van der Waals surface area contributed by atoms with Crippen LogP contribution in [-0.2, 0) is 0 Å². The van der Waals surface area contributed by atoms with E-state index >= 15 is 0 Å². The molecule has 0 N–H and O–H groups in total. The summed E-state index contributed by atoms with van der Waals surface area (Å²) in [6.45, 7) is 8.84. The molecule has 21 heavy (non-hydrogen) atoms. The van der Waals surface area contributed by atoms with E-state index in [9.17, 15) is 0 Å². The number of hydrogen-bond donors (Lipinski definition) is 0. The van der Waals surface area contributed by atoms with Crippen molar-refractivity contribution in [3.8, 4) is 0 Å². The lowest BCUT2D eigenvalue weighted by Gasteiger charge is -2.17. The van der Waals surface area contributed by atoms with Gasteiger partial charge in [-0.3, -0.25) is 0 Å². The Morgan fingerprint density at radius 2 is 1.48 bits per heavy atom. The van der Waals surface area contributed by atoms with Gasteiger partial charge >= 0.3 is 0 Å². The van der Waals surface area contributed by atoms with Gasteiger partial charge in [0, 0.05) is 0 Å². The molecule has 0 amide bonds. The van der Waals surface area contributed by atoms with Gasteiger partial charge in [0.2, 0.25) is 0 Å². The summed E-state index contributed by atoms with van der Waals surface area (Å²) in [6.07, 6.45) is 0. The van der Waals surface area contributed by atoms with E-state index in [1.807, 2.05) is 36.4 Å². The van der Waals surface area contributed by atoms with Gasteiger partial charge in [0.25, 0.3) is 0 Å². The molecule has 0 heterocycles. The first-order valence-electron chi connectivity index (χ1n) is 7.44. The highest BCUT2D eigenvalue weighted by Gasteiger charge is 2.13. The Morgan fingerprint density at radius 3 is 2.10 bits per heavy atom. The predicted molar refractivity (Wildman–Crippen MR) is 90.2 cm³/mol. The maximum Gasteiger partial charge on any atom is 0.100 e. The highest BCUT2D eigenvalue weighted by atomic mass is 14.8. The second-order valence-electron chi connectivity index (χ2n) is 5.75. The van der Waals surface area contributed by atoms with Crippen LogP contribution in [0, 0.1) is 0 Å². The lowest BCUT2D eigenvalue weighted by atomic mass is 9.89. The van der Waals surface area contributed by atoms with Crippen molar-refractivity contribution in [3.63, 3.8) is 0 Å². The van der Waals surface area contributed by atoms with E-state index in [1.165, 1.54) is 11.1 Å². The molecule has 2 heteroatoms. The molecular weight excluding hydrogens is 256 g/mol. The minimum atomic E-state index is 0.431. The quantitative estimate of drug-likeness (QED) is 0.606. The zero-order chi connectivity index (χ0) is 15.2. The first-order valence-corrected chi connectivity index (χ1v) is 7.44. The van der Waals surface area contributed by atoms with E-state index in [4.69, 9.17) is 0 Å². The Kier molecular flexibility index (Phi) is 5.08. The van der Waals surface area contributed by atoms with Gasteiger partial charge in [0.05, 0.1) is 11.4 Å². The van der Waals surface area contributed by atoms with Gasteiger partial charge in [-0.05, 0) is 41.2 Å². The summed E-state index contributed by atoms with van der Waals surface area (Å²) in [7, 11) is 0. The summed E-state index contributed by atoms with van der Waals surface area (Å²) >= 11 is 0. The van der Waals surface area contributed by atoms with E-state index < -0.39 is 0 Å². The van der Waals surface area contributed by atoms with Gasteiger partial charge in [-0.2, -0.15) is 9.98 Å². The van der Waals surface area contributed by atoms with Crippen LogP contribution in [0.25, 0.3) is 0 Å². The summed E-state index contributed by atoms with van der Waals surface area (Å²) in [5.74, 6) is 0.921. The fourth-order valence-corrected chi connectivity index (χ4v) is 2.44. The van der Waals surface area contributed by atoms with Gasteiger partial charge in [-0.25, -0.2) is 0 Å². The zero-order valence-electron chi connectivity index (χ0n) is 13.2. The molecule has 0 radical (unpaired) electrons. The Bertz CT molecular complexity index is 649. The van der Waals surface area contributed by atoms with Crippen LogP contribution in [0.3, 0.4) is 0 Å². The third-order valence-electron chi connectivity index (χ3n) is 3.42. The SMILES string of the molecule is CC(C)c1cccc(N=C=Nc2ccccc2)c1C(C)C. The number of hydrogen-bond acceptors (Lipinski definition) is 2. The second kappa shape index (κ2) is 7.01. The van der Waals surface area contributed by atoms with E-state index in [-0.39, 0.29) is 0 Å². The molecule has 0 aromatic heterocycles. The summed E-state index contributed by atoms with van der Waals surface area (Å²) in [6, 6.07) is 18.9. The first-order chi connectivity index (χ1) is 10.1. The van der Waals surface area contributed by atoms with Crippen LogP contribution in [-0.4, -0.2) is 6.01 Å². The molecule has 0 saturated carbocycles. The molecule has 0 spiro atoms. The minimum absolute atomic E-state index is 0.431. The monoisotopic (exact) mass is 278 g/mol. The van der Waals surface area contributed by atoms with Crippen molar-refractivity contribution in [1.29, 1.82) is 0 Å². The number of rotatable bonds is 4. The van der Waals surface area contributed by atoms with Crippen molar-refractivity contribution >= 4 is 17.4 Å². The molecule has 2 aromatic carbocycles. The molecule has 0 atom stereocenters. The van der Waals surface area contributed by atoms with E-state index in [2.05, 4.69) is 55.8 Å². The highest BCUT2D eigenvalue weighted by molar-refractivity contribution is 5.62. The number of nitrogens with zero attached hydrogens (tertiary/aromatic N) is 2. The maximum atomic E-state index is 4.45. The molecule has 0 unspecified atom stereocenters. The van der Waals surface area contributed by atoms with Crippen molar-refractivity contribution in [2.45, 2.75) is 39.5 Å². The van der Waals surface area contributed by atoms with Crippen LogP contribution >= 0.6 is 0 Å². The first kappa shape index (κ1) is 15.2. The van der Waals surface area contributed by atoms with Crippen LogP contribution in [0.2, 0.25) is 0 Å². The van der Waals surface area contributed by atoms with Crippen molar-refractivity contribution in [2.24, 2.45) is 9.98 Å². The van der Waals surface area contributed by atoms with Crippen molar-refractivity contribution in [3.05, 3.63) is 59.7 Å². The highest BCUT2D eigenvalue weighted by Crippen LogP contribution is 2.33. The number of aliphatic imine (C=N–C) groups is 2. The van der Waals surface area contributed by atoms with Crippen molar-refractivity contribution < 1.29 is 0 Å². The Balaban J connectivity index is 2.40. The number of benzene rings is 2. The maximum absolute atomic E-state index is 4.45. The lowest BCUT2D eigenvalue weighted by Crippen LogP contribution is -1.98. The standard InChI is InChI=1S/C19H22N2/c1-14(2)17-11-8-12-18(19(17)15(3)4)21-13-20-16-9-6-5-7-10-16/h5-12,14-15H,1-4H3. The third-order valence-corrected chi connectivity index (χ3v) is 3.42. The fraction of sp³-hybridized carbons (Fsp3) is 0.316. The van der Waals surface area contributed by atoms with Crippen LogP contribution in [0.1, 0.15) is 50.7 Å². The average Bonchev–Trinajstić information content (AvgIpc) is 2.47. The summed E-state index contributed by atoms with van der Waals surface area (Å²) in [5, 5.41) is 0. The topological polar surface area (TPSA) is 24.7 Å². The summed E-state index contributed by atoms with van der Waals surface area (Å²) in [4.78, 5) is 8.71. The Morgan fingerprint density at radius 1 is 0.762 bits per heavy atom. The van der Waals surface area contributed by atoms with Gasteiger partial charge in [-0.1, -0.05) is 58.0 Å². The molecule has 108 valence electrons. The fourth-order valence-electron chi connectivity index (χ4n) is 2.44. The van der Waals surface area contributed by atoms with E-state index in [0.29, 0.717) is 11.8 Å². The van der Waals surface area contributed by atoms with Crippen LogP contribution in [0.15, 0.2) is 58.5 Å². The molecule has 2 aromatic rings. The zero-order valence-corrected chi connectivity index (χ0v) is 13.2. The largest absolute Gasteiger partial charge is 0.188 e. The van der Waals surface area contributed by atoms with E-state index in [1.54, 1.807) is 0 Å². The molecule has 2 rings (SSSR count). The number of para-hydroxylation sites is 1. The molecule has 0 aliphatic heterocycles. The lowest BCUT2D eigenvalue weighted by molar-refractivity contribution is 0.791. The molecular formula is C19H22N2. The van der Waals surface area contributed by atoms with Crippen LogP contribution in [0.5, 0.6) is 0 Å². The van der Waals surface area contributed by atoms with Gasteiger partial charge in [0.15, 0.2) is 0 Å².